The molecule has 5 heteroatoms. The summed E-state index contributed by atoms with van der Waals surface area (Å²) in [5.74, 6) is -0.777. The Labute approximate surface area is 161 Å². The van der Waals surface area contributed by atoms with E-state index in [1.807, 2.05) is 19.9 Å². The van der Waals surface area contributed by atoms with Gasteiger partial charge in [-0.3, -0.25) is 0 Å². The van der Waals surface area contributed by atoms with Crippen LogP contribution in [0.1, 0.15) is 59.6 Å². The van der Waals surface area contributed by atoms with Crippen molar-refractivity contribution >= 4 is 17.1 Å². The third-order valence-electron chi connectivity index (χ3n) is 4.45. The monoisotopic (exact) mass is 376 g/mol. The SMILES string of the molecule is CCOC(=O)C(F)=C(C)c1cc2c(cc1OC)OC(C)(C)C=C2C(C)(C)C. The van der Waals surface area contributed by atoms with E-state index in [-0.39, 0.29) is 17.6 Å². The van der Waals surface area contributed by atoms with Crippen LogP contribution in [0.4, 0.5) is 4.39 Å². The Kier molecular flexibility index (Phi) is 5.74. The third kappa shape index (κ3) is 4.34. The van der Waals surface area contributed by atoms with E-state index < -0.39 is 17.4 Å². The molecule has 0 fully saturated rings. The van der Waals surface area contributed by atoms with Crippen molar-refractivity contribution in [2.45, 2.75) is 54.1 Å². The molecule has 2 rings (SSSR count). The molecule has 1 heterocycles. The lowest BCUT2D eigenvalue weighted by Gasteiger charge is -2.36. The highest BCUT2D eigenvalue weighted by molar-refractivity contribution is 5.96. The Morgan fingerprint density at radius 2 is 1.89 bits per heavy atom. The van der Waals surface area contributed by atoms with E-state index in [9.17, 15) is 9.18 Å². The van der Waals surface area contributed by atoms with E-state index in [0.717, 1.165) is 11.1 Å². The number of esters is 1. The standard InChI is InChI=1S/C22H29FO4/c1-9-26-20(24)19(23)13(2)14-10-15-16(21(3,4)5)12-22(6,7)27-18(15)11-17(14)25-8/h10-12H,9H2,1-8H3. The highest BCUT2D eigenvalue weighted by Crippen LogP contribution is 2.47. The van der Waals surface area contributed by atoms with E-state index in [2.05, 4.69) is 26.8 Å². The molecule has 1 aliphatic rings. The van der Waals surface area contributed by atoms with Crippen molar-refractivity contribution < 1.29 is 23.4 Å². The number of rotatable bonds is 4. The van der Waals surface area contributed by atoms with Crippen LogP contribution in [0.25, 0.3) is 11.1 Å². The lowest BCUT2D eigenvalue weighted by Crippen LogP contribution is -2.31. The minimum Gasteiger partial charge on any atom is -0.496 e. The Bertz CT molecular complexity index is 810. The quantitative estimate of drug-likeness (QED) is 0.510. The number of fused-ring (bicyclic) bond motifs is 1. The second kappa shape index (κ2) is 7.37. The molecule has 148 valence electrons. The molecule has 0 aliphatic carbocycles. The maximum atomic E-state index is 14.6. The first-order chi connectivity index (χ1) is 12.4. The highest BCUT2D eigenvalue weighted by atomic mass is 19.1. The van der Waals surface area contributed by atoms with Crippen LogP contribution in [-0.4, -0.2) is 25.3 Å². The van der Waals surface area contributed by atoms with Gasteiger partial charge in [-0.25, -0.2) is 4.79 Å². The molecule has 0 amide bonds. The van der Waals surface area contributed by atoms with Crippen molar-refractivity contribution in [1.29, 1.82) is 0 Å². The lowest BCUT2D eigenvalue weighted by molar-refractivity contribution is -0.140. The van der Waals surface area contributed by atoms with Crippen LogP contribution >= 0.6 is 0 Å². The highest BCUT2D eigenvalue weighted by Gasteiger charge is 2.33. The van der Waals surface area contributed by atoms with Gasteiger partial charge in [0.1, 0.15) is 17.1 Å². The summed E-state index contributed by atoms with van der Waals surface area (Å²) < 4.78 is 30.9. The molecular weight excluding hydrogens is 347 g/mol. The van der Waals surface area contributed by atoms with Gasteiger partial charge in [0, 0.05) is 22.8 Å². The van der Waals surface area contributed by atoms with Gasteiger partial charge in [0.15, 0.2) is 0 Å². The van der Waals surface area contributed by atoms with E-state index in [0.29, 0.717) is 17.1 Å². The van der Waals surface area contributed by atoms with Crippen LogP contribution in [-0.2, 0) is 9.53 Å². The molecule has 27 heavy (non-hydrogen) atoms. The maximum absolute atomic E-state index is 14.6. The van der Waals surface area contributed by atoms with Gasteiger partial charge in [0.25, 0.3) is 0 Å². The summed E-state index contributed by atoms with van der Waals surface area (Å²) >= 11 is 0. The van der Waals surface area contributed by atoms with Crippen molar-refractivity contribution in [2.75, 3.05) is 13.7 Å². The van der Waals surface area contributed by atoms with Gasteiger partial charge in [0.05, 0.1) is 13.7 Å². The second-order valence-electron chi connectivity index (χ2n) is 8.22. The average Bonchev–Trinajstić information content (AvgIpc) is 2.57. The zero-order valence-corrected chi connectivity index (χ0v) is 17.5. The zero-order chi connectivity index (χ0) is 20.6. The average molecular weight is 376 g/mol. The van der Waals surface area contributed by atoms with Gasteiger partial charge in [-0.2, -0.15) is 4.39 Å². The van der Waals surface area contributed by atoms with Gasteiger partial charge in [-0.05, 0) is 50.8 Å². The number of halogens is 1. The van der Waals surface area contributed by atoms with Gasteiger partial charge in [-0.15, -0.1) is 0 Å². The largest absolute Gasteiger partial charge is 0.496 e. The van der Waals surface area contributed by atoms with Crippen molar-refractivity contribution in [3.63, 3.8) is 0 Å². The molecule has 0 saturated heterocycles. The summed E-state index contributed by atoms with van der Waals surface area (Å²) in [5, 5.41) is 0. The van der Waals surface area contributed by atoms with Gasteiger partial charge < -0.3 is 14.2 Å². The summed E-state index contributed by atoms with van der Waals surface area (Å²) in [6.07, 6.45) is 2.09. The molecule has 0 spiro atoms. The van der Waals surface area contributed by atoms with Crippen LogP contribution in [0.2, 0.25) is 0 Å². The Morgan fingerprint density at radius 1 is 1.26 bits per heavy atom. The summed E-state index contributed by atoms with van der Waals surface area (Å²) in [6, 6.07) is 3.59. The molecule has 0 bridgehead atoms. The van der Waals surface area contributed by atoms with Crippen molar-refractivity contribution in [1.82, 2.24) is 0 Å². The predicted octanol–water partition coefficient (Wildman–Crippen LogP) is 5.56. The number of benzene rings is 1. The first-order valence-electron chi connectivity index (χ1n) is 9.10. The van der Waals surface area contributed by atoms with E-state index >= 15 is 0 Å². The number of allylic oxidation sites excluding steroid dienone is 2. The van der Waals surface area contributed by atoms with Crippen LogP contribution in [0.15, 0.2) is 24.0 Å². The van der Waals surface area contributed by atoms with E-state index in [4.69, 9.17) is 14.2 Å². The fourth-order valence-corrected chi connectivity index (χ4v) is 3.14. The number of hydrogen-bond donors (Lipinski definition) is 0. The van der Waals surface area contributed by atoms with E-state index in [1.165, 1.54) is 7.11 Å². The summed E-state index contributed by atoms with van der Waals surface area (Å²) in [7, 11) is 1.51. The molecule has 0 radical (unpaired) electrons. The normalized spacial score (nSPS) is 16.6. The topological polar surface area (TPSA) is 44.8 Å². The summed E-state index contributed by atoms with van der Waals surface area (Å²) in [6.45, 7) is 13.6. The predicted molar refractivity (Wildman–Crippen MR) is 105 cm³/mol. The van der Waals surface area contributed by atoms with Crippen LogP contribution in [0.5, 0.6) is 11.5 Å². The number of methoxy groups -OCH3 is 1. The van der Waals surface area contributed by atoms with Crippen LogP contribution in [0.3, 0.4) is 0 Å². The molecular formula is C22H29FO4. The van der Waals surface area contributed by atoms with Crippen molar-refractivity contribution in [3.8, 4) is 11.5 Å². The molecule has 0 atom stereocenters. The smallest absolute Gasteiger partial charge is 0.367 e. The maximum Gasteiger partial charge on any atom is 0.367 e. The third-order valence-corrected chi connectivity index (χ3v) is 4.45. The molecule has 1 aromatic rings. The first-order valence-corrected chi connectivity index (χ1v) is 9.10. The molecule has 0 unspecified atom stereocenters. The van der Waals surface area contributed by atoms with Crippen molar-refractivity contribution in [2.24, 2.45) is 5.41 Å². The number of carbonyl (C=O) groups excluding carboxylic acids is 1. The Hall–Kier alpha value is -2.30. The Morgan fingerprint density at radius 3 is 2.41 bits per heavy atom. The van der Waals surface area contributed by atoms with Crippen molar-refractivity contribution in [3.05, 3.63) is 35.2 Å². The lowest BCUT2D eigenvalue weighted by atomic mass is 9.77. The van der Waals surface area contributed by atoms with Gasteiger partial charge in [-0.1, -0.05) is 20.8 Å². The second-order valence-corrected chi connectivity index (χ2v) is 8.22. The molecule has 0 saturated carbocycles. The number of ether oxygens (including phenoxy) is 3. The van der Waals surface area contributed by atoms with Gasteiger partial charge >= 0.3 is 5.97 Å². The van der Waals surface area contributed by atoms with E-state index in [1.54, 1.807) is 19.9 Å². The number of carbonyl (C=O) groups is 1. The molecule has 0 N–H and O–H groups in total. The van der Waals surface area contributed by atoms with Gasteiger partial charge in [0.2, 0.25) is 5.83 Å². The molecule has 1 aromatic carbocycles. The first kappa shape index (κ1) is 21.0. The fourth-order valence-electron chi connectivity index (χ4n) is 3.14. The summed E-state index contributed by atoms with van der Waals surface area (Å²) in [4.78, 5) is 11.8. The minimum atomic E-state index is -0.973. The van der Waals surface area contributed by atoms with Crippen LogP contribution < -0.4 is 9.47 Å². The molecule has 1 aliphatic heterocycles. The molecule has 4 nitrogen and oxygen atoms in total. The zero-order valence-electron chi connectivity index (χ0n) is 17.5. The Balaban J connectivity index is 2.71. The van der Waals surface area contributed by atoms with Crippen LogP contribution in [0, 0.1) is 5.41 Å². The minimum absolute atomic E-state index is 0.112. The summed E-state index contributed by atoms with van der Waals surface area (Å²) in [5.41, 5.74) is 2.03. The molecule has 0 aromatic heterocycles. The number of hydrogen-bond acceptors (Lipinski definition) is 4. The fraction of sp³-hybridized carbons (Fsp3) is 0.500.